The molecule has 19 heavy (non-hydrogen) atoms. The van der Waals surface area contributed by atoms with Crippen molar-refractivity contribution in [3.8, 4) is 11.4 Å². The molecule has 0 radical (unpaired) electrons. The van der Waals surface area contributed by atoms with Crippen LogP contribution < -0.4 is 0 Å². The van der Waals surface area contributed by atoms with E-state index in [1.165, 1.54) is 6.07 Å². The predicted molar refractivity (Wildman–Crippen MR) is 66.6 cm³/mol. The van der Waals surface area contributed by atoms with Crippen LogP contribution in [0, 0.1) is 0 Å². The normalized spacial score (nSPS) is 18.1. The van der Waals surface area contributed by atoms with Crippen molar-refractivity contribution in [3.63, 3.8) is 0 Å². The largest absolute Gasteiger partial charge is 0.478 e. The number of carboxylic acids is 1. The number of aromatic carboxylic acids is 1. The molecule has 1 aliphatic rings. The first-order valence-corrected chi connectivity index (χ1v) is 6.11. The van der Waals surface area contributed by atoms with Crippen LogP contribution in [0.15, 0.2) is 24.3 Å². The van der Waals surface area contributed by atoms with Crippen LogP contribution in [0.25, 0.3) is 11.4 Å². The maximum atomic E-state index is 11.0. The summed E-state index contributed by atoms with van der Waals surface area (Å²) in [4.78, 5) is 11.0. The summed E-state index contributed by atoms with van der Waals surface area (Å²) in [6.45, 7) is 0.742. The van der Waals surface area contributed by atoms with Gasteiger partial charge in [-0.25, -0.2) is 4.79 Å². The van der Waals surface area contributed by atoms with E-state index in [1.54, 1.807) is 18.2 Å². The van der Waals surface area contributed by atoms with Gasteiger partial charge in [0.1, 0.15) is 6.10 Å². The molecule has 6 nitrogen and oxygen atoms in total. The number of aliphatic hydroxyl groups excluding tert-OH is 1. The number of hydrogen-bond acceptors (Lipinski definition) is 4. The lowest BCUT2D eigenvalue weighted by atomic mass is 10.1. The van der Waals surface area contributed by atoms with Gasteiger partial charge in [-0.05, 0) is 25.0 Å². The van der Waals surface area contributed by atoms with Crippen molar-refractivity contribution < 1.29 is 15.0 Å². The van der Waals surface area contributed by atoms with E-state index in [4.69, 9.17) is 5.11 Å². The molecule has 1 aromatic carbocycles. The third-order valence-corrected chi connectivity index (χ3v) is 3.30. The van der Waals surface area contributed by atoms with Crippen LogP contribution in [0.4, 0.5) is 0 Å². The molecule has 6 heteroatoms. The third kappa shape index (κ3) is 2.00. The van der Waals surface area contributed by atoms with E-state index in [2.05, 4.69) is 10.2 Å². The number of rotatable bonds is 2. The van der Waals surface area contributed by atoms with Crippen molar-refractivity contribution in [3.05, 3.63) is 35.7 Å². The van der Waals surface area contributed by atoms with E-state index >= 15 is 0 Å². The van der Waals surface area contributed by atoms with Gasteiger partial charge >= 0.3 is 5.97 Å². The maximum absolute atomic E-state index is 11.0. The Morgan fingerprint density at radius 3 is 3.00 bits per heavy atom. The summed E-state index contributed by atoms with van der Waals surface area (Å²) in [6.07, 6.45) is 0.961. The SMILES string of the molecule is O=C(O)c1cccc(-c2nnc3n2CCCC3O)c1. The van der Waals surface area contributed by atoms with Gasteiger partial charge in [0.05, 0.1) is 5.56 Å². The summed E-state index contributed by atoms with van der Waals surface area (Å²) in [5.74, 6) is 0.194. The van der Waals surface area contributed by atoms with Crippen molar-refractivity contribution in [2.75, 3.05) is 0 Å². The number of aromatic nitrogens is 3. The van der Waals surface area contributed by atoms with E-state index in [0.717, 1.165) is 13.0 Å². The Morgan fingerprint density at radius 2 is 2.21 bits per heavy atom. The first-order chi connectivity index (χ1) is 9.16. The number of carboxylic acid groups (broad SMARTS) is 1. The minimum Gasteiger partial charge on any atom is -0.478 e. The van der Waals surface area contributed by atoms with Crippen LogP contribution in [0.2, 0.25) is 0 Å². The van der Waals surface area contributed by atoms with Gasteiger partial charge < -0.3 is 14.8 Å². The van der Waals surface area contributed by atoms with Gasteiger partial charge in [0, 0.05) is 12.1 Å². The third-order valence-electron chi connectivity index (χ3n) is 3.30. The monoisotopic (exact) mass is 259 g/mol. The summed E-state index contributed by atoms with van der Waals surface area (Å²) in [7, 11) is 0. The van der Waals surface area contributed by atoms with E-state index < -0.39 is 12.1 Å². The molecule has 1 unspecified atom stereocenters. The topological polar surface area (TPSA) is 88.2 Å². The molecular weight excluding hydrogens is 246 g/mol. The van der Waals surface area contributed by atoms with Gasteiger partial charge in [-0.2, -0.15) is 0 Å². The quantitative estimate of drug-likeness (QED) is 0.852. The molecule has 2 aromatic rings. The van der Waals surface area contributed by atoms with Gasteiger partial charge in [0.25, 0.3) is 0 Å². The Kier molecular flexibility index (Phi) is 2.79. The number of carbonyl (C=O) groups is 1. The smallest absolute Gasteiger partial charge is 0.335 e. The van der Waals surface area contributed by atoms with Crippen molar-refractivity contribution in [1.82, 2.24) is 14.8 Å². The van der Waals surface area contributed by atoms with Gasteiger partial charge in [-0.15, -0.1) is 10.2 Å². The van der Waals surface area contributed by atoms with Crippen molar-refractivity contribution in [1.29, 1.82) is 0 Å². The van der Waals surface area contributed by atoms with E-state index in [9.17, 15) is 9.90 Å². The van der Waals surface area contributed by atoms with Crippen LogP contribution in [0.1, 0.15) is 35.1 Å². The lowest BCUT2D eigenvalue weighted by Gasteiger charge is -2.19. The Morgan fingerprint density at radius 1 is 1.37 bits per heavy atom. The van der Waals surface area contributed by atoms with Crippen LogP contribution in [0.5, 0.6) is 0 Å². The van der Waals surface area contributed by atoms with Gasteiger partial charge in [0.15, 0.2) is 11.6 Å². The molecule has 0 spiro atoms. The molecule has 0 fully saturated rings. The Balaban J connectivity index is 2.08. The predicted octanol–water partition coefficient (Wildman–Crippen LogP) is 1.47. The van der Waals surface area contributed by atoms with Gasteiger partial charge in [-0.1, -0.05) is 12.1 Å². The molecule has 2 heterocycles. The molecule has 0 aliphatic carbocycles. The van der Waals surface area contributed by atoms with Crippen LogP contribution in [0.3, 0.4) is 0 Å². The van der Waals surface area contributed by atoms with Gasteiger partial charge in [-0.3, -0.25) is 0 Å². The summed E-state index contributed by atoms with van der Waals surface area (Å²) < 4.78 is 1.86. The van der Waals surface area contributed by atoms with Crippen molar-refractivity contribution in [2.45, 2.75) is 25.5 Å². The lowest BCUT2D eigenvalue weighted by molar-refractivity contribution is 0.0697. The highest BCUT2D eigenvalue weighted by molar-refractivity contribution is 5.89. The molecule has 1 atom stereocenters. The van der Waals surface area contributed by atoms with Crippen LogP contribution >= 0.6 is 0 Å². The molecular formula is C13H13N3O3. The maximum Gasteiger partial charge on any atom is 0.335 e. The zero-order valence-corrected chi connectivity index (χ0v) is 10.2. The second-order valence-corrected chi connectivity index (χ2v) is 4.58. The molecule has 0 bridgehead atoms. The van der Waals surface area contributed by atoms with Crippen LogP contribution in [-0.4, -0.2) is 30.9 Å². The molecule has 3 rings (SSSR count). The first kappa shape index (κ1) is 11.9. The second kappa shape index (κ2) is 4.47. The second-order valence-electron chi connectivity index (χ2n) is 4.58. The Hall–Kier alpha value is -2.21. The van der Waals surface area contributed by atoms with Crippen molar-refractivity contribution >= 4 is 5.97 Å². The first-order valence-electron chi connectivity index (χ1n) is 6.11. The molecule has 0 saturated carbocycles. The highest BCUT2D eigenvalue weighted by atomic mass is 16.4. The minimum atomic E-state index is -0.972. The molecule has 0 amide bonds. The zero-order chi connectivity index (χ0) is 13.4. The van der Waals surface area contributed by atoms with E-state index in [-0.39, 0.29) is 5.56 Å². The lowest BCUT2D eigenvalue weighted by Crippen LogP contribution is -2.16. The highest BCUT2D eigenvalue weighted by Crippen LogP contribution is 2.28. The van der Waals surface area contributed by atoms with Crippen molar-refractivity contribution in [2.24, 2.45) is 0 Å². The highest BCUT2D eigenvalue weighted by Gasteiger charge is 2.24. The average Bonchev–Trinajstić information content (AvgIpc) is 2.84. The number of fused-ring (bicyclic) bond motifs is 1. The van der Waals surface area contributed by atoms with Gasteiger partial charge in [0.2, 0.25) is 0 Å². The fraction of sp³-hybridized carbons (Fsp3) is 0.308. The summed E-state index contributed by atoms with van der Waals surface area (Å²) in [6, 6.07) is 6.58. The molecule has 1 aromatic heterocycles. The fourth-order valence-electron chi connectivity index (χ4n) is 2.36. The summed E-state index contributed by atoms with van der Waals surface area (Å²) in [5.41, 5.74) is 0.916. The number of benzene rings is 1. The zero-order valence-electron chi connectivity index (χ0n) is 10.2. The Labute approximate surface area is 109 Å². The molecule has 2 N–H and O–H groups in total. The Bertz CT molecular complexity index is 636. The standard InChI is InChI=1S/C13H13N3O3/c17-10-5-2-6-16-11(14-15-12(10)16)8-3-1-4-9(7-8)13(18)19/h1,3-4,7,10,17H,2,5-6H2,(H,18,19). The molecule has 1 aliphatic heterocycles. The average molecular weight is 259 g/mol. The van der Waals surface area contributed by atoms with E-state index in [1.807, 2.05) is 4.57 Å². The molecule has 98 valence electrons. The van der Waals surface area contributed by atoms with Crippen LogP contribution in [-0.2, 0) is 6.54 Å². The summed E-state index contributed by atoms with van der Waals surface area (Å²) in [5, 5.41) is 26.9. The minimum absolute atomic E-state index is 0.214. The fourth-order valence-corrected chi connectivity index (χ4v) is 2.36. The number of aliphatic hydroxyl groups is 1. The van der Waals surface area contributed by atoms with E-state index in [0.29, 0.717) is 23.6 Å². The summed E-state index contributed by atoms with van der Waals surface area (Å²) >= 11 is 0. The number of hydrogen-bond donors (Lipinski definition) is 2. The number of nitrogens with zero attached hydrogens (tertiary/aromatic N) is 3. The molecule has 0 saturated heterocycles.